The van der Waals surface area contributed by atoms with Gasteiger partial charge < -0.3 is 13.9 Å². The Balaban J connectivity index is 1.95. The molecule has 0 aliphatic carbocycles. The number of rotatable bonds is 4. The molecule has 0 fully saturated rings. The Bertz CT molecular complexity index is 1250. The van der Waals surface area contributed by atoms with E-state index < -0.39 is 0 Å². The van der Waals surface area contributed by atoms with Crippen LogP contribution in [0.15, 0.2) is 80.6 Å². The van der Waals surface area contributed by atoms with E-state index in [9.17, 15) is 0 Å². The fourth-order valence-electron chi connectivity index (χ4n) is 3.02. The van der Waals surface area contributed by atoms with Crippen LogP contribution in [0.2, 0.25) is 5.02 Å². The summed E-state index contributed by atoms with van der Waals surface area (Å²) in [5.74, 6) is 1.95. The number of benzene rings is 3. The van der Waals surface area contributed by atoms with Crippen molar-refractivity contribution in [3.63, 3.8) is 0 Å². The van der Waals surface area contributed by atoms with E-state index >= 15 is 0 Å². The van der Waals surface area contributed by atoms with E-state index in [1.807, 2.05) is 60.7 Å². The third-order valence-electron chi connectivity index (χ3n) is 4.45. The van der Waals surface area contributed by atoms with Crippen LogP contribution in [0.25, 0.3) is 22.3 Å². The Morgan fingerprint density at radius 1 is 0.862 bits per heavy atom. The van der Waals surface area contributed by atoms with Crippen molar-refractivity contribution in [2.45, 2.75) is 0 Å². The average molecular weight is 471 g/mol. The van der Waals surface area contributed by atoms with Crippen LogP contribution in [0.5, 0.6) is 11.5 Å². The van der Waals surface area contributed by atoms with Gasteiger partial charge in [-0.05, 0) is 60.7 Å². The minimum absolute atomic E-state index is 0.624. The molecule has 146 valence electrons. The minimum Gasteiger partial charge on any atom is -0.493 e. The smallest absolute Gasteiger partial charge is 0.161 e. The summed E-state index contributed by atoms with van der Waals surface area (Å²) in [6.45, 7) is 0. The summed E-state index contributed by atoms with van der Waals surface area (Å²) >= 11 is 9.68. The van der Waals surface area contributed by atoms with Crippen LogP contribution in [0, 0.1) is 0 Å². The largest absolute Gasteiger partial charge is 0.493 e. The number of methoxy groups -OCH3 is 2. The molecule has 1 heterocycles. The number of hydrogen-bond acceptors (Lipinski definition) is 4. The van der Waals surface area contributed by atoms with Gasteiger partial charge in [0.1, 0.15) is 11.3 Å². The Labute approximate surface area is 181 Å². The lowest BCUT2D eigenvalue weighted by Gasteiger charge is -2.10. The molecule has 0 aliphatic heterocycles. The van der Waals surface area contributed by atoms with Gasteiger partial charge in [0.2, 0.25) is 0 Å². The molecule has 3 aromatic carbocycles. The average Bonchev–Trinajstić information content (AvgIpc) is 2.75. The lowest BCUT2D eigenvalue weighted by molar-refractivity contribution is 0.355. The van der Waals surface area contributed by atoms with E-state index in [1.54, 1.807) is 20.3 Å². The summed E-state index contributed by atoms with van der Waals surface area (Å²) in [4.78, 5) is 4.82. The van der Waals surface area contributed by atoms with E-state index in [4.69, 9.17) is 30.5 Å². The monoisotopic (exact) mass is 469 g/mol. The Hall–Kier alpha value is -2.76. The zero-order chi connectivity index (χ0) is 20.4. The van der Waals surface area contributed by atoms with Gasteiger partial charge in [0, 0.05) is 26.5 Å². The Kier molecular flexibility index (Phi) is 5.60. The van der Waals surface area contributed by atoms with E-state index in [0.717, 1.165) is 26.5 Å². The van der Waals surface area contributed by atoms with Gasteiger partial charge in [-0.3, -0.25) is 0 Å². The van der Waals surface area contributed by atoms with Crippen molar-refractivity contribution in [3.05, 3.63) is 81.6 Å². The van der Waals surface area contributed by atoms with Gasteiger partial charge in [0.15, 0.2) is 11.5 Å². The topological polar surface area (TPSA) is 44.0 Å². The lowest BCUT2D eigenvalue weighted by Crippen LogP contribution is -2.03. The molecule has 0 bridgehead atoms. The van der Waals surface area contributed by atoms with Gasteiger partial charge in [-0.25, -0.2) is 4.99 Å². The zero-order valence-electron chi connectivity index (χ0n) is 15.8. The molecule has 0 unspecified atom stereocenters. The van der Waals surface area contributed by atoms with Crippen molar-refractivity contribution in [2.75, 3.05) is 14.2 Å². The minimum atomic E-state index is 0.624. The highest BCUT2D eigenvalue weighted by molar-refractivity contribution is 9.10. The molecule has 0 saturated heterocycles. The summed E-state index contributed by atoms with van der Waals surface area (Å²) in [7, 11) is 3.21. The normalized spacial score (nSPS) is 11.7. The van der Waals surface area contributed by atoms with Gasteiger partial charge in [-0.2, -0.15) is 0 Å². The van der Waals surface area contributed by atoms with Gasteiger partial charge in [-0.1, -0.05) is 27.5 Å². The summed E-state index contributed by atoms with van der Waals surface area (Å²) in [6, 6.07) is 20.9. The van der Waals surface area contributed by atoms with Crippen LogP contribution < -0.4 is 14.8 Å². The van der Waals surface area contributed by atoms with Crippen molar-refractivity contribution in [1.29, 1.82) is 0 Å². The summed E-state index contributed by atoms with van der Waals surface area (Å²) in [6.07, 6.45) is 0. The molecule has 0 saturated carbocycles. The van der Waals surface area contributed by atoms with Crippen LogP contribution in [-0.2, 0) is 0 Å². The maximum absolute atomic E-state index is 6.22. The summed E-state index contributed by atoms with van der Waals surface area (Å²) in [5, 5.41) is 2.23. The van der Waals surface area contributed by atoms with E-state index in [0.29, 0.717) is 27.9 Å². The standard InChI is InChI=1S/C23H17BrClNO3/c1-27-21-9-3-14(11-23(21)28-2)22-13-19(26-17-7-4-15(24)5-8-17)18-12-16(25)6-10-20(18)29-22/h3-13H,1-2H3. The Morgan fingerprint density at radius 2 is 1.62 bits per heavy atom. The second-order valence-electron chi connectivity index (χ2n) is 6.29. The van der Waals surface area contributed by atoms with Crippen molar-refractivity contribution in [3.8, 4) is 22.8 Å². The molecule has 29 heavy (non-hydrogen) atoms. The van der Waals surface area contributed by atoms with Gasteiger partial charge in [-0.15, -0.1) is 0 Å². The number of hydrogen-bond donors (Lipinski definition) is 0. The van der Waals surface area contributed by atoms with Crippen molar-refractivity contribution < 1.29 is 13.9 Å². The SMILES string of the molecule is COc1ccc(-c2cc(=Nc3ccc(Br)cc3)c3cc(Cl)ccc3o2)cc1OC. The molecular weight excluding hydrogens is 454 g/mol. The maximum atomic E-state index is 6.22. The summed E-state index contributed by atoms with van der Waals surface area (Å²) in [5.41, 5.74) is 2.38. The van der Waals surface area contributed by atoms with Gasteiger partial charge in [0.25, 0.3) is 0 Å². The first kappa shape index (κ1) is 19.6. The van der Waals surface area contributed by atoms with E-state index in [2.05, 4.69) is 15.9 Å². The molecule has 4 aromatic rings. The first-order valence-corrected chi connectivity index (χ1v) is 10.0. The molecule has 0 aliphatic rings. The van der Waals surface area contributed by atoms with Crippen LogP contribution in [0.3, 0.4) is 0 Å². The van der Waals surface area contributed by atoms with Crippen LogP contribution in [-0.4, -0.2) is 14.2 Å². The first-order valence-electron chi connectivity index (χ1n) is 8.83. The highest BCUT2D eigenvalue weighted by Crippen LogP contribution is 2.33. The second kappa shape index (κ2) is 8.31. The molecule has 4 nitrogen and oxygen atoms in total. The number of nitrogens with zero attached hydrogens (tertiary/aromatic N) is 1. The highest BCUT2D eigenvalue weighted by Gasteiger charge is 2.11. The highest BCUT2D eigenvalue weighted by atomic mass is 79.9. The first-order chi connectivity index (χ1) is 14.1. The maximum Gasteiger partial charge on any atom is 0.161 e. The molecule has 0 atom stereocenters. The van der Waals surface area contributed by atoms with Crippen LogP contribution in [0.4, 0.5) is 5.69 Å². The molecule has 0 spiro atoms. The third kappa shape index (κ3) is 4.16. The predicted molar refractivity (Wildman–Crippen MR) is 119 cm³/mol. The van der Waals surface area contributed by atoms with Crippen molar-refractivity contribution in [1.82, 2.24) is 0 Å². The fraction of sp³-hybridized carbons (Fsp3) is 0.0870. The number of ether oxygens (including phenoxy) is 2. The van der Waals surface area contributed by atoms with E-state index in [1.165, 1.54) is 0 Å². The van der Waals surface area contributed by atoms with Crippen molar-refractivity contribution in [2.24, 2.45) is 4.99 Å². The molecule has 0 amide bonds. The fourth-order valence-corrected chi connectivity index (χ4v) is 3.46. The van der Waals surface area contributed by atoms with Crippen molar-refractivity contribution >= 4 is 44.2 Å². The molecule has 1 aromatic heterocycles. The molecule has 6 heteroatoms. The number of halogens is 2. The quantitative estimate of drug-likeness (QED) is 0.331. The van der Waals surface area contributed by atoms with Gasteiger partial charge >= 0.3 is 0 Å². The lowest BCUT2D eigenvalue weighted by atomic mass is 10.1. The second-order valence-corrected chi connectivity index (χ2v) is 7.65. The molecule has 4 rings (SSSR count). The molecule has 0 N–H and O–H groups in total. The predicted octanol–water partition coefficient (Wildman–Crippen LogP) is 6.77. The summed E-state index contributed by atoms with van der Waals surface area (Å²) < 4.78 is 17.9. The third-order valence-corrected chi connectivity index (χ3v) is 5.21. The van der Waals surface area contributed by atoms with Crippen LogP contribution >= 0.6 is 27.5 Å². The molecule has 0 radical (unpaired) electrons. The van der Waals surface area contributed by atoms with Crippen LogP contribution in [0.1, 0.15) is 0 Å². The van der Waals surface area contributed by atoms with E-state index in [-0.39, 0.29) is 0 Å². The zero-order valence-corrected chi connectivity index (χ0v) is 18.1. The number of fused-ring (bicyclic) bond motifs is 1. The van der Waals surface area contributed by atoms with Gasteiger partial charge in [0.05, 0.1) is 25.3 Å². The Morgan fingerprint density at radius 3 is 2.34 bits per heavy atom. The molecular formula is C23H17BrClNO3.